The summed E-state index contributed by atoms with van der Waals surface area (Å²) in [4.78, 5) is 0. The van der Waals surface area contributed by atoms with E-state index in [9.17, 15) is 0 Å². The van der Waals surface area contributed by atoms with Crippen LogP contribution in [-0.4, -0.2) is 18.3 Å². The van der Waals surface area contributed by atoms with Crippen molar-refractivity contribution in [3.8, 4) is 0 Å². The Kier molecular flexibility index (Phi) is 24.0. The Labute approximate surface area is 165 Å². The van der Waals surface area contributed by atoms with Crippen molar-refractivity contribution in [1.82, 2.24) is 5.32 Å². The van der Waals surface area contributed by atoms with Crippen LogP contribution in [0.25, 0.3) is 0 Å². The predicted molar refractivity (Wildman–Crippen MR) is 118 cm³/mol. The zero-order valence-electron chi connectivity index (χ0n) is 18.0. The molecule has 0 saturated heterocycles. The Hall–Kier alpha value is -0.500. The highest BCUT2D eigenvalue weighted by Gasteiger charge is 1.94. The number of allylic oxidation sites excluding steroid dienone is 1. The van der Waals surface area contributed by atoms with Crippen LogP contribution in [0, 0.1) is 0 Å². The number of aliphatic hydroxyl groups excluding tert-OH is 1. The van der Waals surface area contributed by atoms with Gasteiger partial charge >= 0.3 is 0 Å². The minimum atomic E-state index is 0.278. The highest BCUT2D eigenvalue weighted by molar-refractivity contribution is 4.78. The summed E-state index contributed by atoms with van der Waals surface area (Å²) in [6.07, 6.45) is 30.7. The molecule has 0 aliphatic carbocycles. The van der Waals surface area contributed by atoms with Gasteiger partial charge < -0.3 is 10.4 Å². The molecule has 0 amide bonds. The van der Waals surface area contributed by atoms with Crippen LogP contribution in [0.4, 0.5) is 0 Å². The molecule has 26 heavy (non-hydrogen) atoms. The van der Waals surface area contributed by atoms with Crippen LogP contribution in [0.3, 0.4) is 0 Å². The molecule has 0 aromatic carbocycles. The number of hydrogen-bond donors (Lipinski definition) is 2. The maximum atomic E-state index is 8.67. The van der Waals surface area contributed by atoms with Crippen molar-refractivity contribution in [3.63, 3.8) is 0 Å². The van der Waals surface area contributed by atoms with Crippen LogP contribution in [0.2, 0.25) is 0 Å². The second kappa shape index (κ2) is 24.5. The Morgan fingerprint density at radius 2 is 1.00 bits per heavy atom. The predicted octanol–water partition coefficient (Wildman–Crippen LogP) is 7.51. The summed E-state index contributed by atoms with van der Waals surface area (Å²) >= 11 is 0. The normalized spacial score (nSPS) is 11.5. The summed E-state index contributed by atoms with van der Waals surface area (Å²) in [5.41, 5.74) is 0. The number of unbranched alkanes of at least 4 members (excludes halogenated alkanes) is 17. The van der Waals surface area contributed by atoms with Gasteiger partial charge in [-0.25, -0.2) is 0 Å². The molecule has 0 aromatic heterocycles. The molecular weight excluding hydrogens is 318 g/mol. The number of hydrogen-bond acceptors (Lipinski definition) is 2. The molecule has 0 heterocycles. The molecular formula is C24H49NO. The molecule has 0 saturated carbocycles. The van der Waals surface area contributed by atoms with E-state index >= 15 is 0 Å². The number of rotatable bonds is 22. The highest BCUT2D eigenvalue weighted by Crippen LogP contribution is 2.14. The van der Waals surface area contributed by atoms with Crippen molar-refractivity contribution < 1.29 is 5.11 Å². The summed E-state index contributed by atoms with van der Waals surface area (Å²) < 4.78 is 0. The lowest BCUT2D eigenvalue weighted by atomic mass is 10.0. The molecule has 2 nitrogen and oxygen atoms in total. The van der Waals surface area contributed by atoms with Crippen molar-refractivity contribution in [2.24, 2.45) is 0 Å². The highest BCUT2D eigenvalue weighted by atomic mass is 16.3. The molecule has 0 unspecified atom stereocenters. The molecule has 0 aliphatic heterocycles. The fourth-order valence-corrected chi connectivity index (χ4v) is 3.42. The fourth-order valence-electron chi connectivity index (χ4n) is 3.42. The van der Waals surface area contributed by atoms with E-state index in [4.69, 9.17) is 5.11 Å². The van der Waals surface area contributed by atoms with Crippen molar-refractivity contribution in [3.05, 3.63) is 12.3 Å². The van der Waals surface area contributed by atoms with Crippen LogP contribution in [0.5, 0.6) is 0 Å². The van der Waals surface area contributed by atoms with Crippen LogP contribution in [0.15, 0.2) is 12.3 Å². The third-order valence-corrected chi connectivity index (χ3v) is 5.19. The van der Waals surface area contributed by atoms with Gasteiger partial charge in [0.2, 0.25) is 0 Å². The monoisotopic (exact) mass is 367 g/mol. The van der Waals surface area contributed by atoms with Crippen molar-refractivity contribution in [1.29, 1.82) is 0 Å². The van der Waals surface area contributed by atoms with E-state index in [2.05, 4.69) is 18.3 Å². The summed E-state index contributed by atoms with van der Waals surface area (Å²) in [6, 6.07) is 0. The first-order valence-corrected chi connectivity index (χ1v) is 11.9. The average Bonchev–Trinajstić information content (AvgIpc) is 2.66. The van der Waals surface area contributed by atoms with Gasteiger partial charge in [-0.3, -0.25) is 0 Å². The van der Waals surface area contributed by atoms with Crippen molar-refractivity contribution in [2.45, 2.75) is 129 Å². The molecule has 0 spiro atoms. The van der Waals surface area contributed by atoms with Gasteiger partial charge in [-0.15, -0.1) is 0 Å². The largest absolute Gasteiger partial charge is 0.396 e. The Morgan fingerprint density at radius 1 is 0.577 bits per heavy atom. The van der Waals surface area contributed by atoms with Gasteiger partial charge in [-0.1, -0.05) is 116 Å². The zero-order valence-corrected chi connectivity index (χ0v) is 18.0. The lowest BCUT2D eigenvalue weighted by Crippen LogP contribution is -2.07. The summed E-state index contributed by atoms with van der Waals surface area (Å²) in [7, 11) is 0. The molecule has 0 bridgehead atoms. The Morgan fingerprint density at radius 3 is 1.42 bits per heavy atom. The van der Waals surface area contributed by atoms with Crippen LogP contribution < -0.4 is 5.32 Å². The maximum Gasteiger partial charge on any atom is 0.0447 e. The van der Waals surface area contributed by atoms with Gasteiger partial charge in [0, 0.05) is 13.2 Å². The first-order valence-electron chi connectivity index (χ1n) is 11.9. The molecule has 156 valence electrons. The van der Waals surface area contributed by atoms with E-state index in [0.29, 0.717) is 0 Å². The first-order chi connectivity index (χ1) is 12.9. The summed E-state index contributed by atoms with van der Waals surface area (Å²) in [5, 5.41) is 11.9. The van der Waals surface area contributed by atoms with Crippen LogP contribution in [-0.2, 0) is 0 Å². The van der Waals surface area contributed by atoms with E-state index in [1.807, 2.05) is 6.20 Å². The molecule has 2 heteroatoms. The topological polar surface area (TPSA) is 32.3 Å². The third kappa shape index (κ3) is 23.5. The van der Waals surface area contributed by atoms with E-state index < -0.39 is 0 Å². The fraction of sp³-hybridized carbons (Fsp3) is 0.917. The van der Waals surface area contributed by atoms with Gasteiger partial charge in [-0.05, 0) is 25.5 Å². The van der Waals surface area contributed by atoms with Gasteiger partial charge in [-0.2, -0.15) is 0 Å². The van der Waals surface area contributed by atoms with Gasteiger partial charge in [0.15, 0.2) is 0 Å². The lowest BCUT2D eigenvalue weighted by Gasteiger charge is -2.03. The lowest BCUT2D eigenvalue weighted by molar-refractivity contribution is 0.288. The average molecular weight is 368 g/mol. The van der Waals surface area contributed by atoms with E-state index in [1.165, 1.54) is 116 Å². The van der Waals surface area contributed by atoms with Gasteiger partial charge in [0.1, 0.15) is 0 Å². The van der Waals surface area contributed by atoms with Crippen molar-refractivity contribution >= 4 is 0 Å². The standard InChI is InChI=1S/C24H49NO/c1-2-3-4-5-6-7-8-9-10-11-12-13-14-15-16-17-18-19-20-22-25-23-21-24-26/h20,22,25-26H,2-19,21,23-24H2,1H3. The molecule has 0 aliphatic rings. The van der Waals surface area contributed by atoms with E-state index in [-0.39, 0.29) is 6.61 Å². The maximum absolute atomic E-state index is 8.67. The number of aliphatic hydroxyl groups is 1. The molecule has 0 radical (unpaired) electrons. The molecule has 0 fully saturated rings. The third-order valence-electron chi connectivity index (χ3n) is 5.19. The second-order valence-corrected chi connectivity index (χ2v) is 7.88. The van der Waals surface area contributed by atoms with Crippen LogP contribution in [0.1, 0.15) is 129 Å². The number of nitrogens with one attached hydrogen (secondary N) is 1. The van der Waals surface area contributed by atoms with Crippen LogP contribution >= 0.6 is 0 Å². The molecule has 0 rings (SSSR count). The Bertz CT molecular complexity index is 265. The Balaban J connectivity index is 3.01. The zero-order chi connectivity index (χ0) is 19.0. The molecule has 0 atom stereocenters. The van der Waals surface area contributed by atoms with Crippen molar-refractivity contribution in [2.75, 3.05) is 13.2 Å². The second-order valence-electron chi connectivity index (χ2n) is 7.88. The smallest absolute Gasteiger partial charge is 0.0447 e. The quantitative estimate of drug-likeness (QED) is 0.194. The molecule has 0 aromatic rings. The van der Waals surface area contributed by atoms with Gasteiger partial charge in [0.25, 0.3) is 0 Å². The minimum Gasteiger partial charge on any atom is -0.396 e. The first kappa shape index (κ1) is 25.5. The summed E-state index contributed by atoms with van der Waals surface area (Å²) in [6.45, 7) is 3.45. The van der Waals surface area contributed by atoms with E-state index in [0.717, 1.165) is 13.0 Å². The van der Waals surface area contributed by atoms with Gasteiger partial charge in [0.05, 0.1) is 0 Å². The molecule has 2 N–H and O–H groups in total. The minimum absolute atomic E-state index is 0.278. The van der Waals surface area contributed by atoms with E-state index in [1.54, 1.807) is 0 Å². The summed E-state index contributed by atoms with van der Waals surface area (Å²) in [5.74, 6) is 0. The SMILES string of the molecule is CCCCCCCCCCCCCCCCCCCC=CNCCCO.